The molecule has 0 amide bonds. The molecule has 1 aromatic heterocycles. The second kappa shape index (κ2) is 5.26. The molecule has 1 heterocycles. The van der Waals surface area contributed by atoms with Gasteiger partial charge in [-0.3, -0.25) is 0 Å². The van der Waals surface area contributed by atoms with Crippen LogP contribution in [0.25, 0.3) is 0 Å². The molecular formula is C11H5BrClF3N2O. The van der Waals surface area contributed by atoms with Crippen LogP contribution in [-0.2, 0) is 0 Å². The van der Waals surface area contributed by atoms with Gasteiger partial charge in [0.2, 0.25) is 0 Å². The summed E-state index contributed by atoms with van der Waals surface area (Å²) in [6, 6.07) is 2.70. The number of anilines is 1. The van der Waals surface area contributed by atoms with Crippen molar-refractivity contribution in [2.45, 2.75) is 0 Å². The van der Waals surface area contributed by atoms with Crippen molar-refractivity contribution in [2.75, 3.05) is 5.73 Å². The zero-order chi connectivity index (χ0) is 14.2. The molecule has 2 rings (SSSR count). The van der Waals surface area contributed by atoms with Gasteiger partial charge in [-0.05, 0) is 22.0 Å². The Bertz CT molecular complexity index is 599. The average Bonchev–Trinajstić information content (AvgIpc) is 2.32. The Hall–Kier alpha value is -1.47. The molecule has 0 atom stereocenters. The van der Waals surface area contributed by atoms with Gasteiger partial charge in [0.15, 0.2) is 17.5 Å². The topological polar surface area (TPSA) is 48.1 Å². The molecule has 0 aliphatic heterocycles. The number of nitrogens with zero attached hydrogens (tertiary/aromatic N) is 1. The lowest BCUT2D eigenvalue weighted by Gasteiger charge is -2.09. The lowest BCUT2D eigenvalue weighted by Crippen LogP contribution is -2.00. The smallest absolute Gasteiger partial charge is 0.258 e. The molecule has 0 saturated carbocycles. The van der Waals surface area contributed by atoms with Crippen LogP contribution in [-0.4, -0.2) is 4.98 Å². The summed E-state index contributed by atoms with van der Waals surface area (Å²) in [7, 11) is 0. The van der Waals surface area contributed by atoms with E-state index >= 15 is 0 Å². The summed E-state index contributed by atoms with van der Waals surface area (Å²) < 4.78 is 44.9. The van der Waals surface area contributed by atoms with Crippen LogP contribution >= 0.6 is 27.5 Å². The highest BCUT2D eigenvalue weighted by Crippen LogP contribution is 2.34. The van der Waals surface area contributed by atoms with E-state index < -0.39 is 29.1 Å². The van der Waals surface area contributed by atoms with Crippen LogP contribution in [0.3, 0.4) is 0 Å². The number of benzene rings is 1. The molecule has 19 heavy (non-hydrogen) atoms. The van der Waals surface area contributed by atoms with Gasteiger partial charge in [-0.25, -0.2) is 13.2 Å². The molecule has 8 heteroatoms. The largest absolute Gasteiger partial charge is 0.435 e. The van der Waals surface area contributed by atoms with Gasteiger partial charge in [-0.1, -0.05) is 11.6 Å². The number of aromatic nitrogens is 1. The molecule has 0 aliphatic carbocycles. The van der Waals surface area contributed by atoms with E-state index in [0.717, 1.165) is 6.07 Å². The Labute approximate surface area is 119 Å². The predicted octanol–water partition coefficient (Wildman–Crippen LogP) is 4.29. The number of nitrogens with two attached hydrogens (primary N) is 1. The average molecular weight is 354 g/mol. The molecule has 0 aliphatic rings. The summed E-state index contributed by atoms with van der Waals surface area (Å²) in [5.74, 6) is -3.99. The van der Waals surface area contributed by atoms with E-state index in [9.17, 15) is 13.2 Å². The molecule has 100 valence electrons. The zero-order valence-electron chi connectivity index (χ0n) is 9.05. The number of hydrogen-bond acceptors (Lipinski definition) is 3. The van der Waals surface area contributed by atoms with Gasteiger partial charge in [0.05, 0.1) is 9.50 Å². The van der Waals surface area contributed by atoms with Crippen LogP contribution in [0.1, 0.15) is 0 Å². The highest BCUT2D eigenvalue weighted by molar-refractivity contribution is 9.10. The Morgan fingerprint density at radius 2 is 1.79 bits per heavy atom. The summed E-state index contributed by atoms with van der Waals surface area (Å²) >= 11 is 8.61. The monoisotopic (exact) mass is 352 g/mol. The number of halogens is 5. The molecule has 0 saturated heterocycles. The van der Waals surface area contributed by atoms with Crippen molar-refractivity contribution in [3.05, 3.63) is 45.1 Å². The Kier molecular flexibility index (Phi) is 3.86. The van der Waals surface area contributed by atoms with Gasteiger partial charge in [0, 0.05) is 12.1 Å². The minimum Gasteiger partial charge on any atom is -0.435 e. The fourth-order valence-electron chi connectivity index (χ4n) is 1.22. The van der Waals surface area contributed by atoms with E-state index in [1.54, 1.807) is 0 Å². The van der Waals surface area contributed by atoms with Crippen LogP contribution < -0.4 is 10.5 Å². The zero-order valence-corrected chi connectivity index (χ0v) is 11.4. The number of rotatable bonds is 2. The third kappa shape index (κ3) is 2.93. The lowest BCUT2D eigenvalue weighted by molar-refractivity contribution is 0.413. The quantitative estimate of drug-likeness (QED) is 0.819. The number of pyridine rings is 1. The van der Waals surface area contributed by atoms with Crippen molar-refractivity contribution < 1.29 is 17.9 Å². The van der Waals surface area contributed by atoms with Crippen molar-refractivity contribution >= 4 is 33.3 Å². The van der Waals surface area contributed by atoms with Gasteiger partial charge in [-0.2, -0.15) is 4.98 Å². The first kappa shape index (κ1) is 14.0. The van der Waals surface area contributed by atoms with Crippen molar-refractivity contribution in [2.24, 2.45) is 0 Å². The predicted molar refractivity (Wildman–Crippen MR) is 67.7 cm³/mol. The molecule has 0 radical (unpaired) electrons. The summed E-state index contributed by atoms with van der Waals surface area (Å²) in [5.41, 5.74) is 5.20. The fraction of sp³-hybridized carbons (Fsp3) is 0. The van der Waals surface area contributed by atoms with E-state index in [1.807, 2.05) is 0 Å². The maximum absolute atomic E-state index is 13.4. The van der Waals surface area contributed by atoms with Crippen molar-refractivity contribution in [1.82, 2.24) is 4.98 Å². The standard InChI is InChI=1S/C11H5BrClF3N2O/c12-4-1-5(13)6(14)3-9(4)19-11-8(16)2-7(15)10(17)18-11/h1-3H,(H2,17,18). The molecule has 1 aromatic carbocycles. The first-order chi connectivity index (χ1) is 8.88. The van der Waals surface area contributed by atoms with Crippen molar-refractivity contribution in [1.29, 1.82) is 0 Å². The molecule has 2 N–H and O–H groups in total. The summed E-state index contributed by atoms with van der Waals surface area (Å²) in [6.07, 6.45) is 0. The number of ether oxygens (including phenoxy) is 1. The van der Waals surface area contributed by atoms with Crippen LogP contribution in [0.2, 0.25) is 5.02 Å². The van der Waals surface area contributed by atoms with E-state index in [0.29, 0.717) is 6.07 Å². The molecular weight excluding hydrogens is 348 g/mol. The molecule has 0 spiro atoms. The third-order valence-corrected chi connectivity index (χ3v) is 3.02. The van der Waals surface area contributed by atoms with Crippen LogP contribution in [0, 0.1) is 17.5 Å². The second-order valence-corrected chi connectivity index (χ2v) is 4.70. The molecule has 0 fully saturated rings. The van der Waals surface area contributed by atoms with Crippen molar-refractivity contribution in [3.8, 4) is 11.6 Å². The first-order valence-electron chi connectivity index (χ1n) is 4.82. The Balaban J connectivity index is 2.42. The summed E-state index contributed by atoms with van der Waals surface area (Å²) in [5, 5.41) is -0.133. The molecule has 0 unspecified atom stereocenters. The van der Waals surface area contributed by atoms with E-state index in [2.05, 4.69) is 20.9 Å². The molecule has 0 bridgehead atoms. The van der Waals surface area contributed by atoms with Crippen LogP contribution in [0.15, 0.2) is 22.7 Å². The Morgan fingerprint density at radius 1 is 1.11 bits per heavy atom. The number of nitrogen functional groups attached to an aromatic ring is 1. The van der Waals surface area contributed by atoms with Crippen LogP contribution in [0.5, 0.6) is 11.6 Å². The number of hydrogen-bond donors (Lipinski definition) is 1. The van der Waals surface area contributed by atoms with E-state index in [-0.39, 0.29) is 15.2 Å². The van der Waals surface area contributed by atoms with Gasteiger partial charge in [0.25, 0.3) is 5.88 Å². The lowest BCUT2D eigenvalue weighted by atomic mass is 10.3. The molecule has 3 nitrogen and oxygen atoms in total. The van der Waals surface area contributed by atoms with Gasteiger partial charge in [-0.15, -0.1) is 0 Å². The second-order valence-electron chi connectivity index (χ2n) is 3.44. The van der Waals surface area contributed by atoms with Gasteiger partial charge >= 0.3 is 0 Å². The minimum absolute atomic E-state index is 0.0701. The maximum Gasteiger partial charge on any atom is 0.258 e. The highest BCUT2D eigenvalue weighted by atomic mass is 79.9. The summed E-state index contributed by atoms with van der Waals surface area (Å²) in [6.45, 7) is 0. The van der Waals surface area contributed by atoms with Gasteiger partial charge < -0.3 is 10.5 Å². The SMILES string of the molecule is Nc1nc(Oc2cc(F)c(Cl)cc2Br)c(F)cc1F. The summed E-state index contributed by atoms with van der Waals surface area (Å²) in [4.78, 5) is 3.39. The molecule has 2 aromatic rings. The first-order valence-corrected chi connectivity index (χ1v) is 5.99. The maximum atomic E-state index is 13.4. The Morgan fingerprint density at radius 3 is 2.47 bits per heavy atom. The van der Waals surface area contributed by atoms with Crippen LogP contribution in [0.4, 0.5) is 19.0 Å². The minimum atomic E-state index is -1.06. The van der Waals surface area contributed by atoms with E-state index in [1.165, 1.54) is 6.07 Å². The normalized spacial score (nSPS) is 10.6. The van der Waals surface area contributed by atoms with Crippen molar-refractivity contribution in [3.63, 3.8) is 0 Å². The fourth-order valence-corrected chi connectivity index (χ4v) is 1.94. The van der Waals surface area contributed by atoms with E-state index in [4.69, 9.17) is 22.1 Å². The highest BCUT2D eigenvalue weighted by Gasteiger charge is 2.15. The third-order valence-electron chi connectivity index (χ3n) is 2.11. The van der Waals surface area contributed by atoms with Gasteiger partial charge in [0.1, 0.15) is 11.6 Å².